The number of carbonyl (C=O) groups is 1. The van der Waals surface area contributed by atoms with Gasteiger partial charge in [-0.2, -0.15) is 5.10 Å². The third-order valence-electron chi connectivity index (χ3n) is 1.55. The Morgan fingerprint density at radius 1 is 1.47 bits per heavy atom. The van der Waals surface area contributed by atoms with Gasteiger partial charge in [0.15, 0.2) is 5.11 Å². The minimum Gasteiger partial charge on any atom is -0.478 e. The van der Waals surface area contributed by atoms with Crippen molar-refractivity contribution in [2.24, 2.45) is 10.8 Å². The molecule has 0 aliphatic heterocycles. The summed E-state index contributed by atoms with van der Waals surface area (Å²) in [6.07, 6.45) is 1.49. The van der Waals surface area contributed by atoms with Gasteiger partial charge in [-0.25, -0.2) is 4.79 Å². The van der Waals surface area contributed by atoms with Crippen molar-refractivity contribution < 1.29 is 9.90 Å². The third kappa shape index (κ3) is 3.74. The summed E-state index contributed by atoms with van der Waals surface area (Å²) in [5.74, 6) is -0.959. The molecule has 0 unspecified atom stereocenters. The Kier molecular flexibility index (Phi) is 3.75. The molecule has 78 valence electrons. The SMILES string of the molecule is NC(=S)NN=Cc1ccc(C(=O)O)cc1. The molecule has 1 aromatic carbocycles. The molecule has 0 radical (unpaired) electrons. The first kappa shape index (κ1) is 11.1. The van der Waals surface area contributed by atoms with Gasteiger partial charge >= 0.3 is 5.97 Å². The smallest absolute Gasteiger partial charge is 0.335 e. The van der Waals surface area contributed by atoms with E-state index < -0.39 is 5.97 Å². The topological polar surface area (TPSA) is 87.7 Å². The molecule has 15 heavy (non-hydrogen) atoms. The monoisotopic (exact) mass is 223 g/mol. The first-order chi connectivity index (χ1) is 7.09. The largest absolute Gasteiger partial charge is 0.478 e. The number of hydrazone groups is 1. The highest BCUT2D eigenvalue weighted by Gasteiger charge is 1.99. The van der Waals surface area contributed by atoms with E-state index in [1.54, 1.807) is 12.1 Å². The average molecular weight is 223 g/mol. The average Bonchev–Trinajstić information content (AvgIpc) is 2.18. The third-order valence-corrected chi connectivity index (χ3v) is 1.64. The van der Waals surface area contributed by atoms with Crippen molar-refractivity contribution in [3.05, 3.63) is 35.4 Å². The lowest BCUT2D eigenvalue weighted by atomic mass is 10.1. The Balaban J connectivity index is 2.68. The molecule has 0 heterocycles. The Labute approximate surface area is 91.6 Å². The lowest BCUT2D eigenvalue weighted by Gasteiger charge is -1.96. The predicted molar refractivity (Wildman–Crippen MR) is 60.9 cm³/mol. The highest BCUT2D eigenvalue weighted by Crippen LogP contribution is 2.01. The number of rotatable bonds is 3. The summed E-state index contributed by atoms with van der Waals surface area (Å²) in [5.41, 5.74) is 8.53. The maximum Gasteiger partial charge on any atom is 0.335 e. The molecule has 0 atom stereocenters. The van der Waals surface area contributed by atoms with Crippen molar-refractivity contribution >= 4 is 29.5 Å². The summed E-state index contributed by atoms with van der Waals surface area (Å²) < 4.78 is 0. The molecule has 6 heteroatoms. The Hall–Kier alpha value is -1.95. The maximum atomic E-state index is 10.5. The minimum atomic E-state index is -0.959. The molecular weight excluding hydrogens is 214 g/mol. The van der Waals surface area contributed by atoms with Gasteiger partial charge in [0.2, 0.25) is 0 Å². The van der Waals surface area contributed by atoms with Crippen LogP contribution in [0.1, 0.15) is 15.9 Å². The fourth-order valence-electron chi connectivity index (χ4n) is 0.882. The molecule has 1 aromatic rings. The van der Waals surface area contributed by atoms with Crippen molar-refractivity contribution in [2.75, 3.05) is 0 Å². The second-order valence-electron chi connectivity index (χ2n) is 2.66. The van der Waals surface area contributed by atoms with Gasteiger partial charge in [0.05, 0.1) is 11.8 Å². The van der Waals surface area contributed by atoms with E-state index in [-0.39, 0.29) is 10.7 Å². The van der Waals surface area contributed by atoms with Gasteiger partial charge in [0.25, 0.3) is 0 Å². The lowest BCUT2D eigenvalue weighted by Crippen LogP contribution is -2.23. The molecule has 4 N–H and O–H groups in total. The second-order valence-corrected chi connectivity index (χ2v) is 3.10. The number of nitrogens with one attached hydrogen (secondary N) is 1. The van der Waals surface area contributed by atoms with Crippen LogP contribution >= 0.6 is 12.2 Å². The van der Waals surface area contributed by atoms with Crippen LogP contribution in [-0.2, 0) is 0 Å². The summed E-state index contributed by atoms with van der Waals surface area (Å²) in [4.78, 5) is 10.5. The molecule has 5 nitrogen and oxygen atoms in total. The summed E-state index contributed by atoms with van der Waals surface area (Å²) >= 11 is 4.54. The first-order valence-corrected chi connectivity index (χ1v) is 4.42. The summed E-state index contributed by atoms with van der Waals surface area (Å²) in [5, 5.41) is 12.4. The predicted octanol–water partition coefficient (Wildman–Crippen LogP) is 0.552. The van der Waals surface area contributed by atoms with Gasteiger partial charge in [-0.15, -0.1) is 0 Å². The van der Waals surface area contributed by atoms with Crippen LogP contribution in [0.15, 0.2) is 29.4 Å². The van der Waals surface area contributed by atoms with Crippen molar-refractivity contribution in [1.29, 1.82) is 0 Å². The molecular formula is C9H9N3O2S. The van der Waals surface area contributed by atoms with E-state index in [2.05, 4.69) is 22.7 Å². The van der Waals surface area contributed by atoms with Crippen LogP contribution in [-0.4, -0.2) is 22.4 Å². The molecule has 0 amide bonds. The molecule has 0 saturated carbocycles. The quantitative estimate of drug-likeness (QED) is 0.396. The molecule has 1 rings (SSSR count). The normalized spacial score (nSPS) is 10.1. The van der Waals surface area contributed by atoms with E-state index in [1.165, 1.54) is 18.3 Å². The van der Waals surface area contributed by atoms with Crippen LogP contribution in [0.3, 0.4) is 0 Å². The van der Waals surface area contributed by atoms with Crippen LogP contribution in [0.4, 0.5) is 0 Å². The number of hydrogen-bond donors (Lipinski definition) is 3. The van der Waals surface area contributed by atoms with E-state index in [0.29, 0.717) is 0 Å². The zero-order valence-electron chi connectivity index (χ0n) is 7.68. The van der Waals surface area contributed by atoms with Gasteiger partial charge in [-0.05, 0) is 29.9 Å². The lowest BCUT2D eigenvalue weighted by molar-refractivity contribution is 0.0697. The Morgan fingerprint density at radius 3 is 2.53 bits per heavy atom. The fraction of sp³-hybridized carbons (Fsp3) is 0. The number of aromatic carboxylic acids is 1. The van der Waals surface area contributed by atoms with Crippen molar-refractivity contribution in [2.45, 2.75) is 0 Å². The minimum absolute atomic E-state index is 0.0772. The van der Waals surface area contributed by atoms with E-state index >= 15 is 0 Å². The molecule has 0 bridgehead atoms. The van der Waals surface area contributed by atoms with Crippen molar-refractivity contribution in [3.63, 3.8) is 0 Å². The van der Waals surface area contributed by atoms with E-state index in [1.807, 2.05) is 0 Å². The number of carboxylic acid groups (broad SMARTS) is 1. The molecule has 0 aromatic heterocycles. The highest BCUT2D eigenvalue weighted by molar-refractivity contribution is 7.80. The van der Waals surface area contributed by atoms with Crippen LogP contribution in [0.2, 0.25) is 0 Å². The summed E-state index contributed by atoms with van der Waals surface area (Å²) in [7, 11) is 0. The summed E-state index contributed by atoms with van der Waals surface area (Å²) in [6.45, 7) is 0. The number of nitrogens with zero attached hydrogens (tertiary/aromatic N) is 1. The van der Waals surface area contributed by atoms with E-state index in [0.717, 1.165) is 5.56 Å². The van der Waals surface area contributed by atoms with Crippen molar-refractivity contribution in [1.82, 2.24) is 5.43 Å². The van der Waals surface area contributed by atoms with E-state index in [9.17, 15) is 4.79 Å². The van der Waals surface area contributed by atoms with Crippen LogP contribution < -0.4 is 11.2 Å². The Morgan fingerprint density at radius 2 is 2.07 bits per heavy atom. The Bertz CT molecular complexity index is 400. The first-order valence-electron chi connectivity index (χ1n) is 4.01. The van der Waals surface area contributed by atoms with Gasteiger partial charge in [-0.3, -0.25) is 5.43 Å². The number of nitrogens with two attached hydrogens (primary N) is 1. The number of benzene rings is 1. The van der Waals surface area contributed by atoms with E-state index in [4.69, 9.17) is 10.8 Å². The molecule has 0 spiro atoms. The van der Waals surface area contributed by atoms with Gasteiger partial charge in [-0.1, -0.05) is 12.1 Å². The molecule has 0 aliphatic rings. The van der Waals surface area contributed by atoms with Crippen molar-refractivity contribution in [3.8, 4) is 0 Å². The van der Waals surface area contributed by atoms with Gasteiger partial charge in [0, 0.05) is 0 Å². The maximum absolute atomic E-state index is 10.5. The number of thiocarbonyl (C=S) groups is 1. The number of hydrogen-bond acceptors (Lipinski definition) is 3. The molecule has 0 saturated heterocycles. The van der Waals surface area contributed by atoms with Crippen LogP contribution in [0.25, 0.3) is 0 Å². The summed E-state index contributed by atoms with van der Waals surface area (Å²) in [6, 6.07) is 6.25. The van der Waals surface area contributed by atoms with Gasteiger partial charge < -0.3 is 10.8 Å². The standard InChI is InChI=1S/C9H9N3O2S/c10-9(15)12-11-5-6-1-3-7(4-2-6)8(13)14/h1-5H,(H,13,14)(H3,10,12,15). The zero-order valence-corrected chi connectivity index (χ0v) is 8.49. The number of carboxylic acids is 1. The van der Waals surface area contributed by atoms with Crippen LogP contribution in [0, 0.1) is 0 Å². The fourth-order valence-corrected chi connectivity index (χ4v) is 0.935. The highest BCUT2D eigenvalue weighted by atomic mass is 32.1. The second kappa shape index (κ2) is 5.06. The van der Waals surface area contributed by atoms with Crippen LogP contribution in [0.5, 0.6) is 0 Å². The zero-order chi connectivity index (χ0) is 11.3. The van der Waals surface area contributed by atoms with Gasteiger partial charge in [0.1, 0.15) is 0 Å². The molecule has 0 aliphatic carbocycles. The molecule has 0 fully saturated rings.